The fourth-order valence-corrected chi connectivity index (χ4v) is 2.12. The minimum absolute atomic E-state index is 0.0802. The van der Waals surface area contributed by atoms with Gasteiger partial charge in [0.05, 0.1) is 18.6 Å². The van der Waals surface area contributed by atoms with Crippen LogP contribution in [0.25, 0.3) is 0 Å². The molecule has 0 unspecified atom stereocenters. The molecule has 1 aromatic carbocycles. The Kier molecular flexibility index (Phi) is 6.49. The Labute approximate surface area is 129 Å². The molecule has 0 aliphatic heterocycles. The summed E-state index contributed by atoms with van der Waals surface area (Å²) >= 11 is 5.94. The second kappa shape index (κ2) is 7.88. The van der Waals surface area contributed by atoms with E-state index in [0.29, 0.717) is 22.9 Å². The van der Waals surface area contributed by atoms with Crippen LogP contribution in [0.3, 0.4) is 0 Å². The average molecular weight is 314 g/mol. The third-order valence-electron chi connectivity index (χ3n) is 2.87. The van der Waals surface area contributed by atoms with Crippen LogP contribution in [-0.4, -0.2) is 42.1 Å². The molecule has 0 atom stereocenters. The molecule has 0 saturated carbocycles. The largest absolute Gasteiger partial charge is 0.495 e. The lowest BCUT2D eigenvalue weighted by Crippen LogP contribution is -2.36. The van der Waals surface area contributed by atoms with Gasteiger partial charge < -0.3 is 14.7 Å². The zero-order valence-electron chi connectivity index (χ0n) is 12.4. The maximum absolute atomic E-state index is 12.5. The fraction of sp³-hybridized carbons (Fsp3) is 0.467. The molecule has 21 heavy (non-hydrogen) atoms. The highest BCUT2D eigenvalue weighted by atomic mass is 35.5. The second-order valence-electron chi connectivity index (χ2n) is 5.14. The summed E-state index contributed by atoms with van der Waals surface area (Å²) in [5.41, 5.74) is 0.433. The van der Waals surface area contributed by atoms with Crippen molar-refractivity contribution in [3.05, 3.63) is 28.8 Å². The maximum Gasteiger partial charge on any atom is 0.305 e. The zero-order chi connectivity index (χ0) is 16.0. The van der Waals surface area contributed by atoms with Crippen molar-refractivity contribution in [2.45, 2.75) is 20.3 Å². The molecule has 1 N–H and O–H groups in total. The summed E-state index contributed by atoms with van der Waals surface area (Å²) < 4.78 is 5.10. The number of hydrogen-bond acceptors (Lipinski definition) is 3. The summed E-state index contributed by atoms with van der Waals surface area (Å²) in [6.07, 6.45) is -0.0802. The highest BCUT2D eigenvalue weighted by Crippen LogP contribution is 2.25. The predicted molar refractivity (Wildman–Crippen MR) is 81.0 cm³/mol. The number of nitrogens with zero attached hydrogens (tertiary/aromatic N) is 1. The van der Waals surface area contributed by atoms with Crippen molar-refractivity contribution in [1.29, 1.82) is 0 Å². The Morgan fingerprint density at radius 3 is 2.57 bits per heavy atom. The molecular formula is C15H20ClNO4. The molecule has 0 heterocycles. The van der Waals surface area contributed by atoms with Crippen molar-refractivity contribution in [3.63, 3.8) is 0 Å². The third kappa shape index (κ3) is 5.27. The molecule has 1 rings (SSSR count). The minimum Gasteiger partial charge on any atom is -0.495 e. The minimum atomic E-state index is -0.926. The van der Waals surface area contributed by atoms with Crippen LogP contribution >= 0.6 is 11.6 Å². The zero-order valence-corrected chi connectivity index (χ0v) is 13.2. The van der Waals surface area contributed by atoms with E-state index in [1.54, 1.807) is 23.1 Å². The number of carboxylic acid groups (broad SMARTS) is 1. The van der Waals surface area contributed by atoms with Crippen molar-refractivity contribution in [2.24, 2.45) is 5.92 Å². The number of halogens is 1. The Bertz CT molecular complexity index is 516. The van der Waals surface area contributed by atoms with Gasteiger partial charge in [-0.2, -0.15) is 0 Å². The highest BCUT2D eigenvalue weighted by molar-refractivity contribution is 6.32. The first kappa shape index (κ1) is 17.3. The van der Waals surface area contributed by atoms with E-state index in [1.165, 1.54) is 7.11 Å². The molecule has 0 bridgehead atoms. The molecule has 1 amide bonds. The van der Waals surface area contributed by atoms with E-state index in [1.807, 2.05) is 13.8 Å². The smallest absolute Gasteiger partial charge is 0.305 e. The van der Waals surface area contributed by atoms with E-state index < -0.39 is 5.97 Å². The number of hydrogen-bond donors (Lipinski definition) is 1. The number of carboxylic acids is 1. The summed E-state index contributed by atoms with van der Waals surface area (Å²) in [6, 6.07) is 4.78. The van der Waals surface area contributed by atoms with Crippen molar-refractivity contribution in [2.75, 3.05) is 20.2 Å². The lowest BCUT2D eigenvalue weighted by atomic mass is 10.1. The molecule has 0 spiro atoms. The van der Waals surface area contributed by atoms with Gasteiger partial charge >= 0.3 is 5.97 Å². The Morgan fingerprint density at radius 1 is 1.38 bits per heavy atom. The van der Waals surface area contributed by atoms with Gasteiger partial charge in [-0.15, -0.1) is 0 Å². The van der Waals surface area contributed by atoms with Gasteiger partial charge in [-0.3, -0.25) is 9.59 Å². The molecule has 6 heteroatoms. The molecule has 1 aromatic rings. The molecule has 0 radical (unpaired) electrons. The summed E-state index contributed by atoms with van der Waals surface area (Å²) in [4.78, 5) is 24.8. The molecule has 5 nitrogen and oxygen atoms in total. The van der Waals surface area contributed by atoms with Crippen LogP contribution in [0.5, 0.6) is 5.75 Å². The van der Waals surface area contributed by atoms with Gasteiger partial charge in [-0.1, -0.05) is 25.4 Å². The lowest BCUT2D eigenvalue weighted by molar-refractivity contribution is -0.137. The summed E-state index contributed by atoms with van der Waals surface area (Å²) in [7, 11) is 1.48. The topological polar surface area (TPSA) is 66.8 Å². The van der Waals surface area contributed by atoms with E-state index in [0.717, 1.165) is 0 Å². The van der Waals surface area contributed by atoms with Crippen molar-refractivity contribution >= 4 is 23.5 Å². The van der Waals surface area contributed by atoms with Gasteiger partial charge in [0.25, 0.3) is 5.91 Å². The molecule has 0 saturated heterocycles. The van der Waals surface area contributed by atoms with Gasteiger partial charge in [0.1, 0.15) is 5.75 Å². The first-order chi connectivity index (χ1) is 9.85. The second-order valence-corrected chi connectivity index (χ2v) is 5.55. The Hall–Kier alpha value is -1.75. The summed E-state index contributed by atoms with van der Waals surface area (Å²) in [5.74, 6) is -0.479. The molecule has 0 aromatic heterocycles. The van der Waals surface area contributed by atoms with Crippen molar-refractivity contribution in [3.8, 4) is 5.75 Å². The van der Waals surface area contributed by atoms with Crippen LogP contribution in [0.1, 0.15) is 30.6 Å². The van der Waals surface area contributed by atoms with Crippen LogP contribution in [0.4, 0.5) is 0 Å². The molecule has 0 aliphatic rings. The van der Waals surface area contributed by atoms with Gasteiger partial charge in [0.2, 0.25) is 0 Å². The third-order valence-corrected chi connectivity index (χ3v) is 3.18. The Morgan fingerprint density at radius 2 is 2.05 bits per heavy atom. The van der Waals surface area contributed by atoms with E-state index in [9.17, 15) is 9.59 Å². The fourth-order valence-electron chi connectivity index (χ4n) is 1.92. The molecule has 116 valence electrons. The Balaban J connectivity index is 2.95. The van der Waals surface area contributed by atoms with E-state index >= 15 is 0 Å². The van der Waals surface area contributed by atoms with E-state index in [2.05, 4.69) is 0 Å². The van der Waals surface area contributed by atoms with Gasteiger partial charge in [0, 0.05) is 18.7 Å². The van der Waals surface area contributed by atoms with E-state index in [-0.39, 0.29) is 24.8 Å². The SMILES string of the molecule is COc1cc(C(=O)N(CCC(=O)O)CC(C)C)ccc1Cl. The summed E-state index contributed by atoms with van der Waals surface area (Å²) in [6.45, 7) is 4.63. The number of aliphatic carboxylic acids is 1. The van der Waals surface area contributed by atoms with Crippen LogP contribution in [-0.2, 0) is 4.79 Å². The molecular weight excluding hydrogens is 294 g/mol. The molecule has 0 aliphatic carbocycles. The number of carbonyl (C=O) groups is 2. The maximum atomic E-state index is 12.5. The number of benzene rings is 1. The van der Waals surface area contributed by atoms with Crippen LogP contribution in [0.2, 0.25) is 5.02 Å². The van der Waals surface area contributed by atoms with Crippen molar-refractivity contribution < 1.29 is 19.4 Å². The molecule has 0 fully saturated rings. The van der Waals surface area contributed by atoms with Gasteiger partial charge in [0.15, 0.2) is 0 Å². The number of methoxy groups -OCH3 is 1. The number of rotatable bonds is 7. The first-order valence-corrected chi connectivity index (χ1v) is 7.07. The lowest BCUT2D eigenvalue weighted by Gasteiger charge is -2.24. The van der Waals surface area contributed by atoms with Crippen LogP contribution in [0.15, 0.2) is 18.2 Å². The number of carbonyl (C=O) groups excluding carboxylic acids is 1. The predicted octanol–water partition coefficient (Wildman–Crippen LogP) is 2.92. The number of amides is 1. The first-order valence-electron chi connectivity index (χ1n) is 6.69. The van der Waals surface area contributed by atoms with Crippen LogP contribution in [0, 0.1) is 5.92 Å². The summed E-state index contributed by atoms with van der Waals surface area (Å²) in [5, 5.41) is 9.22. The monoisotopic (exact) mass is 313 g/mol. The van der Waals surface area contributed by atoms with Crippen LogP contribution < -0.4 is 4.74 Å². The van der Waals surface area contributed by atoms with Gasteiger partial charge in [-0.05, 0) is 24.1 Å². The van der Waals surface area contributed by atoms with E-state index in [4.69, 9.17) is 21.4 Å². The standard InChI is InChI=1S/C15H20ClNO4/c1-10(2)9-17(7-6-14(18)19)15(20)11-4-5-12(16)13(8-11)21-3/h4-5,8,10H,6-7,9H2,1-3H3,(H,18,19). The normalized spacial score (nSPS) is 10.5. The van der Waals surface area contributed by atoms with Crippen molar-refractivity contribution in [1.82, 2.24) is 4.90 Å². The number of ether oxygens (including phenoxy) is 1. The average Bonchev–Trinajstić information content (AvgIpc) is 2.42. The highest BCUT2D eigenvalue weighted by Gasteiger charge is 2.19. The quantitative estimate of drug-likeness (QED) is 0.840. The van der Waals surface area contributed by atoms with Gasteiger partial charge in [-0.25, -0.2) is 0 Å².